The maximum atomic E-state index is 11.9. The van der Waals surface area contributed by atoms with E-state index in [1.807, 2.05) is 13.8 Å². The molecule has 7 heteroatoms. The lowest BCUT2D eigenvalue weighted by Crippen LogP contribution is -2.48. The van der Waals surface area contributed by atoms with Gasteiger partial charge in [0, 0.05) is 6.04 Å². The summed E-state index contributed by atoms with van der Waals surface area (Å²) in [5, 5.41) is 9.23. The van der Waals surface area contributed by atoms with Crippen molar-refractivity contribution in [2.24, 2.45) is 5.41 Å². The maximum Gasteiger partial charge on any atom is 0.310 e. The van der Waals surface area contributed by atoms with Crippen molar-refractivity contribution in [3.63, 3.8) is 0 Å². The minimum Gasteiger partial charge on any atom is -0.481 e. The molecule has 0 radical (unpaired) electrons. The van der Waals surface area contributed by atoms with Crippen LogP contribution in [-0.2, 0) is 19.6 Å². The van der Waals surface area contributed by atoms with Crippen LogP contribution in [-0.4, -0.2) is 44.0 Å². The standard InChI is InChI=1S/C12H23NO5S/c1-9(2)18-7-8-19(16,17)13-10-5-4-6-12(10,3)11(14)15/h9-10,13H,4-8H2,1-3H3,(H,14,15). The average Bonchev–Trinajstić information content (AvgIpc) is 2.60. The molecule has 1 aliphatic carbocycles. The fourth-order valence-electron chi connectivity index (χ4n) is 2.28. The number of aliphatic carboxylic acids is 1. The zero-order chi connectivity index (χ0) is 14.7. The molecule has 112 valence electrons. The third-order valence-corrected chi connectivity index (χ3v) is 4.92. The Kier molecular flexibility index (Phi) is 5.34. The third-order valence-electron chi connectivity index (χ3n) is 3.57. The van der Waals surface area contributed by atoms with Gasteiger partial charge in [0.2, 0.25) is 10.0 Å². The van der Waals surface area contributed by atoms with E-state index < -0.39 is 27.4 Å². The lowest BCUT2D eigenvalue weighted by atomic mass is 9.85. The van der Waals surface area contributed by atoms with Crippen LogP contribution >= 0.6 is 0 Å². The number of nitrogens with one attached hydrogen (secondary N) is 1. The summed E-state index contributed by atoms with van der Waals surface area (Å²) in [5.41, 5.74) is -1.01. The van der Waals surface area contributed by atoms with Gasteiger partial charge in [0.15, 0.2) is 0 Å². The number of carbonyl (C=O) groups is 1. The van der Waals surface area contributed by atoms with Crippen LogP contribution in [0.1, 0.15) is 40.0 Å². The quantitative estimate of drug-likeness (QED) is 0.729. The van der Waals surface area contributed by atoms with Crippen LogP contribution in [0.2, 0.25) is 0 Å². The first-order chi connectivity index (χ1) is 8.67. The van der Waals surface area contributed by atoms with Crippen molar-refractivity contribution in [2.45, 2.75) is 52.2 Å². The highest BCUT2D eigenvalue weighted by atomic mass is 32.2. The number of carboxylic acids is 1. The van der Waals surface area contributed by atoms with E-state index in [0.29, 0.717) is 12.8 Å². The van der Waals surface area contributed by atoms with E-state index in [0.717, 1.165) is 6.42 Å². The van der Waals surface area contributed by atoms with Crippen LogP contribution in [0.25, 0.3) is 0 Å². The zero-order valence-electron chi connectivity index (χ0n) is 11.7. The highest BCUT2D eigenvalue weighted by Gasteiger charge is 2.46. The summed E-state index contributed by atoms with van der Waals surface area (Å²) < 4.78 is 31.5. The van der Waals surface area contributed by atoms with Gasteiger partial charge >= 0.3 is 5.97 Å². The van der Waals surface area contributed by atoms with E-state index in [-0.39, 0.29) is 18.5 Å². The minimum absolute atomic E-state index is 0.0223. The van der Waals surface area contributed by atoms with E-state index in [9.17, 15) is 18.3 Å². The Morgan fingerprint density at radius 1 is 1.53 bits per heavy atom. The predicted molar refractivity (Wildman–Crippen MR) is 71.4 cm³/mol. The third kappa shape index (κ3) is 4.43. The monoisotopic (exact) mass is 293 g/mol. The Hall–Kier alpha value is -0.660. The summed E-state index contributed by atoms with van der Waals surface area (Å²) in [6, 6.07) is -0.533. The number of hydrogen-bond acceptors (Lipinski definition) is 4. The lowest BCUT2D eigenvalue weighted by Gasteiger charge is -2.27. The fourth-order valence-corrected chi connectivity index (χ4v) is 3.53. The topological polar surface area (TPSA) is 92.7 Å². The number of ether oxygens (including phenoxy) is 1. The molecule has 1 fully saturated rings. The van der Waals surface area contributed by atoms with E-state index in [1.54, 1.807) is 6.92 Å². The van der Waals surface area contributed by atoms with Gasteiger partial charge in [-0.05, 0) is 33.6 Å². The van der Waals surface area contributed by atoms with Crippen molar-refractivity contribution in [1.29, 1.82) is 0 Å². The van der Waals surface area contributed by atoms with Gasteiger partial charge in [-0.15, -0.1) is 0 Å². The second-order valence-electron chi connectivity index (χ2n) is 5.52. The summed E-state index contributed by atoms with van der Waals surface area (Å²) >= 11 is 0. The molecule has 6 nitrogen and oxygen atoms in total. The number of rotatable bonds is 7. The highest BCUT2D eigenvalue weighted by molar-refractivity contribution is 7.89. The van der Waals surface area contributed by atoms with Crippen molar-refractivity contribution >= 4 is 16.0 Å². The summed E-state index contributed by atoms with van der Waals surface area (Å²) in [4.78, 5) is 11.3. The van der Waals surface area contributed by atoms with Gasteiger partial charge in [0.05, 0.1) is 23.9 Å². The van der Waals surface area contributed by atoms with Gasteiger partial charge < -0.3 is 9.84 Å². The van der Waals surface area contributed by atoms with Crippen LogP contribution in [0, 0.1) is 5.41 Å². The molecule has 0 aliphatic heterocycles. The smallest absolute Gasteiger partial charge is 0.310 e. The van der Waals surface area contributed by atoms with Crippen molar-refractivity contribution in [3.05, 3.63) is 0 Å². The number of hydrogen-bond donors (Lipinski definition) is 2. The summed E-state index contributed by atoms with van der Waals surface area (Å²) in [6.07, 6.45) is 1.76. The molecule has 0 heterocycles. The Bertz CT molecular complexity index is 420. The van der Waals surface area contributed by atoms with Gasteiger partial charge in [-0.3, -0.25) is 4.79 Å². The van der Waals surface area contributed by atoms with E-state index >= 15 is 0 Å². The summed E-state index contributed by atoms with van der Waals surface area (Å²) in [5.74, 6) is -1.09. The molecule has 0 spiro atoms. The molecule has 0 bridgehead atoms. The predicted octanol–water partition coefficient (Wildman–Crippen LogP) is 0.974. The van der Waals surface area contributed by atoms with Crippen LogP contribution in [0.4, 0.5) is 0 Å². The van der Waals surface area contributed by atoms with E-state index in [1.165, 1.54) is 0 Å². The number of sulfonamides is 1. The SMILES string of the molecule is CC(C)OCCS(=O)(=O)NC1CCCC1(C)C(=O)O. The van der Waals surface area contributed by atoms with Gasteiger partial charge in [0.1, 0.15) is 0 Å². The molecule has 1 saturated carbocycles. The molecule has 19 heavy (non-hydrogen) atoms. The van der Waals surface area contributed by atoms with Crippen molar-refractivity contribution < 1.29 is 23.1 Å². The Labute approximate surface area is 114 Å². The first kappa shape index (κ1) is 16.4. The minimum atomic E-state index is -3.50. The Morgan fingerprint density at radius 2 is 2.16 bits per heavy atom. The van der Waals surface area contributed by atoms with Gasteiger partial charge in [-0.25, -0.2) is 13.1 Å². The van der Waals surface area contributed by atoms with Crippen molar-refractivity contribution in [3.8, 4) is 0 Å². The molecule has 0 aromatic heterocycles. The van der Waals surface area contributed by atoms with E-state index in [2.05, 4.69) is 4.72 Å². The second kappa shape index (κ2) is 6.19. The van der Waals surface area contributed by atoms with Gasteiger partial charge in [-0.1, -0.05) is 6.42 Å². The first-order valence-electron chi connectivity index (χ1n) is 6.52. The van der Waals surface area contributed by atoms with Gasteiger partial charge in [0.25, 0.3) is 0 Å². The summed E-state index contributed by atoms with van der Waals surface area (Å²) in [7, 11) is -3.50. The molecule has 0 aromatic carbocycles. The van der Waals surface area contributed by atoms with Crippen LogP contribution in [0.3, 0.4) is 0 Å². The molecule has 2 N–H and O–H groups in total. The van der Waals surface area contributed by atoms with E-state index in [4.69, 9.17) is 4.74 Å². The molecule has 0 amide bonds. The normalized spacial score (nSPS) is 27.9. The molecule has 2 atom stereocenters. The molecule has 1 aliphatic rings. The molecule has 0 aromatic rings. The van der Waals surface area contributed by atoms with Crippen LogP contribution in [0.5, 0.6) is 0 Å². The molecule has 2 unspecified atom stereocenters. The molecular weight excluding hydrogens is 270 g/mol. The number of carboxylic acid groups (broad SMARTS) is 1. The van der Waals surface area contributed by atoms with Crippen molar-refractivity contribution in [2.75, 3.05) is 12.4 Å². The van der Waals surface area contributed by atoms with Crippen LogP contribution < -0.4 is 4.72 Å². The molecule has 1 rings (SSSR count). The van der Waals surface area contributed by atoms with Crippen molar-refractivity contribution in [1.82, 2.24) is 4.72 Å². The summed E-state index contributed by atoms with van der Waals surface area (Å²) in [6.45, 7) is 5.38. The molecule has 0 saturated heterocycles. The Morgan fingerprint density at radius 3 is 2.68 bits per heavy atom. The lowest BCUT2D eigenvalue weighted by molar-refractivity contribution is -0.148. The first-order valence-corrected chi connectivity index (χ1v) is 8.17. The average molecular weight is 293 g/mol. The molecular formula is C12H23NO5S. The second-order valence-corrected chi connectivity index (χ2v) is 7.40. The van der Waals surface area contributed by atoms with Gasteiger partial charge in [-0.2, -0.15) is 0 Å². The maximum absolute atomic E-state index is 11.9. The fraction of sp³-hybridized carbons (Fsp3) is 0.917. The Balaban J connectivity index is 2.60. The zero-order valence-corrected chi connectivity index (χ0v) is 12.5. The largest absolute Gasteiger partial charge is 0.481 e. The highest BCUT2D eigenvalue weighted by Crippen LogP contribution is 2.38. The van der Waals surface area contributed by atoms with Crippen LogP contribution in [0.15, 0.2) is 0 Å².